The zero-order valence-electron chi connectivity index (χ0n) is 14.3. The van der Waals surface area contributed by atoms with Gasteiger partial charge in [0.1, 0.15) is 29.9 Å². The molecule has 0 amide bonds. The SMILES string of the molecule is O=S(=O)(NCC(O)(Cn1cncn1)c1ccc(F)cc1F)c1ccc(Cl)cc1. The van der Waals surface area contributed by atoms with Crippen LogP contribution in [0.4, 0.5) is 8.78 Å². The molecule has 2 aromatic carbocycles. The summed E-state index contributed by atoms with van der Waals surface area (Å²) in [6.45, 7) is -0.918. The van der Waals surface area contributed by atoms with E-state index in [1.54, 1.807) is 0 Å². The molecule has 0 spiro atoms. The van der Waals surface area contributed by atoms with Gasteiger partial charge in [-0.1, -0.05) is 17.7 Å². The largest absolute Gasteiger partial charge is 0.382 e. The average Bonchev–Trinajstić information content (AvgIpc) is 3.13. The molecule has 1 unspecified atom stereocenters. The van der Waals surface area contributed by atoms with Gasteiger partial charge >= 0.3 is 0 Å². The minimum atomic E-state index is -4.03. The molecule has 3 rings (SSSR count). The summed E-state index contributed by atoms with van der Waals surface area (Å²) >= 11 is 5.76. The fourth-order valence-corrected chi connectivity index (χ4v) is 3.81. The van der Waals surface area contributed by atoms with Crippen molar-refractivity contribution in [3.63, 3.8) is 0 Å². The van der Waals surface area contributed by atoms with Crippen LogP contribution in [0, 0.1) is 11.6 Å². The van der Waals surface area contributed by atoms with Crippen LogP contribution in [0.1, 0.15) is 5.56 Å². The van der Waals surface area contributed by atoms with E-state index in [1.807, 2.05) is 0 Å². The van der Waals surface area contributed by atoms with Crippen LogP contribution >= 0.6 is 11.6 Å². The van der Waals surface area contributed by atoms with Crippen LogP contribution in [0.25, 0.3) is 0 Å². The van der Waals surface area contributed by atoms with Crippen molar-refractivity contribution in [3.05, 3.63) is 77.3 Å². The maximum Gasteiger partial charge on any atom is 0.240 e. The summed E-state index contributed by atoms with van der Waals surface area (Å²) in [7, 11) is -4.03. The minimum Gasteiger partial charge on any atom is -0.382 e. The van der Waals surface area contributed by atoms with Crippen molar-refractivity contribution in [2.75, 3.05) is 6.54 Å². The van der Waals surface area contributed by atoms with Gasteiger partial charge < -0.3 is 5.11 Å². The Kier molecular flexibility index (Phi) is 5.75. The number of rotatable bonds is 7. The molecular formula is C17H15ClF2N4O3S. The van der Waals surface area contributed by atoms with E-state index in [0.717, 1.165) is 12.1 Å². The molecule has 148 valence electrons. The standard InChI is InChI=1S/C17H15ClF2N4O3S/c18-12-1-4-14(5-2-12)28(26,27)23-8-17(25,9-24-11-21-10-22-24)15-6-3-13(19)7-16(15)20/h1-7,10-11,23,25H,8-9H2. The number of aliphatic hydroxyl groups is 1. The first-order valence-electron chi connectivity index (χ1n) is 7.95. The van der Waals surface area contributed by atoms with E-state index in [9.17, 15) is 22.3 Å². The number of hydrogen-bond donors (Lipinski definition) is 2. The van der Waals surface area contributed by atoms with E-state index in [4.69, 9.17) is 11.6 Å². The molecule has 1 atom stereocenters. The molecule has 0 radical (unpaired) electrons. The van der Waals surface area contributed by atoms with Gasteiger partial charge in [-0.2, -0.15) is 5.10 Å². The highest BCUT2D eigenvalue weighted by molar-refractivity contribution is 7.89. The summed E-state index contributed by atoms with van der Waals surface area (Å²) in [5.41, 5.74) is -2.35. The van der Waals surface area contributed by atoms with Crippen molar-refractivity contribution in [2.45, 2.75) is 17.0 Å². The highest BCUT2D eigenvalue weighted by Crippen LogP contribution is 2.27. The fraction of sp³-hybridized carbons (Fsp3) is 0.176. The van der Waals surface area contributed by atoms with Gasteiger partial charge in [-0.05, 0) is 30.3 Å². The minimum absolute atomic E-state index is 0.0837. The van der Waals surface area contributed by atoms with Crippen LogP contribution in [0.15, 0.2) is 60.0 Å². The first-order valence-corrected chi connectivity index (χ1v) is 9.81. The Morgan fingerprint density at radius 3 is 2.50 bits per heavy atom. The lowest BCUT2D eigenvalue weighted by molar-refractivity contribution is 0.0169. The number of aromatic nitrogens is 3. The third-order valence-electron chi connectivity index (χ3n) is 4.00. The molecule has 3 aromatic rings. The van der Waals surface area contributed by atoms with Crippen molar-refractivity contribution < 1.29 is 22.3 Å². The van der Waals surface area contributed by atoms with Gasteiger partial charge in [-0.3, -0.25) is 0 Å². The summed E-state index contributed by atoms with van der Waals surface area (Å²) in [4.78, 5) is 3.65. The number of nitrogens with one attached hydrogen (secondary N) is 1. The van der Waals surface area contributed by atoms with E-state index in [-0.39, 0.29) is 17.0 Å². The Morgan fingerprint density at radius 1 is 1.18 bits per heavy atom. The van der Waals surface area contributed by atoms with Gasteiger partial charge in [0.05, 0.1) is 11.4 Å². The smallest absolute Gasteiger partial charge is 0.240 e. The molecule has 7 nitrogen and oxygen atoms in total. The maximum absolute atomic E-state index is 14.3. The number of nitrogens with zero attached hydrogens (tertiary/aromatic N) is 3. The lowest BCUT2D eigenvalue weighted by atomic mass is 9.93. The Hall–Kier alpha value is -2.40. The van der Waals surface area contributed by atoms with Crippen LogP contribution < -0.4 is 4.72 Å². The van der Waals surface area contributed by atoms with Crippen LogP contribution in [-0.2, 0) is 22.2 Å². The second-order valence-corrected chi connectivity index (χ2v) is 8.23. The lowest BCUT2D eigenvalue weighted by Gasteiger charge is -2.29. The predicted molar refractivity (Wildman–Crippen MR) is 96.9 cm³/mol. The second kappa shape index (κ2) is 7.92. The lowest BCUT2D eigenvalue weighted by Crippen LogP contribution is -2.44. The number of hydrogen-bond acceptors (Lipinski definition) is 5. The van der Waals surface area contributed by atoms with Gasteiger partial charge in [0.25, 0.3) is 0 Å². The average molecular weight is 429 g/mol. The van der Waals surface area contributed by atoms with Gasteiger partial charge in [0.15, 0.2) is 0 Å². The Morgan fingerprint density at radius 2 is 1.89 bits per heavy atom. The zero-order chi connectivity index (χ0) is 20.4. The number of sulfonamides is 1. The van der Waals surface area contributed by atoms with Crippen molar-refractivity contribution >= 4 is 21.6 Å². The molecule has 0 bridgehead atoms. The summed E-state index contributed by atoms with van der Waals surface area (Å²) < 4.78 is 56.1. The van der Waals surface area contributed by atoms with Crippen molar-refractivity contribution in [3.8, 4) is 0 Å². The first kappa shape index (κ1) is 20.3. The van der Waals surface area contributed by atoms with E-state index in [0.29, 0.717) is 11.1 Å². The Bertz CT molecular complexity index is 1060. The highest BCUT2D eigenvalue weighted by atomic mass is 35.5. The van der Waals surface area contributed by atoms with Crippen molar-refractivity contribution in [1.82, 2.24) is 19.5 Å². The molecule has 1 heterocycles. The molecular weight excluding hydrogens is 414 g/mol. The molecule has 0 saturated heterocycles. The molecule has 0 aliphatic heterocycles. The van der Waals surface area contributed by atoms with Crippen molar-refractivity contribution in [2.24, 2.45) is 0 Å². The van der Waals surface area contributed by atoms with Crippen LogP contribution in [0.3, 0.4) is 0 Å². The van der Waals surface area contributed by atoms with Gasteiger partial charge in [0, 0.05) is 23.2 Å². The molecule has 28 heavy (non-hydrogen) atoms. The van der Waals surface area contributed by atoms with E-state index < -0.39 is 33.8 Å². The normalized spacial score (nSPS) is 14.0. The van der Waals surface area contributed by atoms with Crippen LogP contribution in [0.5, 0.6) is 0 Å². The maximum atomic E-state index is 14.3. The Labute approximate surface area is 164 Å². The predicted octanol–water partition coefficient (Wildman–Crippen LogP) is 2.08. The number of benzene rings is 2. The number of halogens is 3. The molecule has 11 heteroatoms. The van der Waals surface area contributed by atoms with E-state index in [1.165, 1.54) is 41.6 Å². The summed E-state index contributed by atoms with van der Waals surface area (Å²) in [5, 5.41) is 15.3. The van der Waals surface area contributed by atoms with Gasteiger partial charge in [-0.15, -0.1) is 0 Å². The summed E-state index contributed by atoms with van der Waals surface area (Å²) in [6, 6.07) is 8.01. The second-order valence-electron chi connectivity index (χ2n) is 6.03. The van der Waals surface area contributed by atoms with Gasteiger partial charge in [0.2, 0.25) is 10.0 Å². The first-order chi connectivity index (χ1) is 13.2. The molecule has 1 aromatic heterocycles. The topological polar surface area (TPSA) is 97.1 Å². The molecule has 0 saturated carbocycles. The summed E-state index contributed by atoms with van der Waals surface area (Å²) in [5.74, 6) is -1.85. The van der Waals surface area contributed by atoms with Crippen molar-refractivity contribution in [1.29, 1.82) is 0 Å². The van der Waals surface area contributed by atoms with Crippen LogP contribution in [-0.4, -0.2) is 34.8 Å². The summed E-state index contributed by atoms with van der Waals surface area (Å²) in [6.07, 6.45) is 2.49. The quantitative estimate of drug-likeness (QED) is 0.600. The third kappa shape index (κ3) is 4.53. The zero-order valence-corrected chi connectivity index (χ0v) is 15.8. The molecule has 0 aliphatic rings. The Balaban J connectivity index is 1.92. The monoisotopic (exact) mass is 428 g/mol. The van der Waals surface area contributed by atoms with E-state index in [2.05, 4.69) is 14.8 Å². The fourth-order valence-electron chi connectivity index (χ4n) is 2.60. The van der Waals surface area contributed by atoms with Crippen LogP contribution in [0.2, 0.25) is 5.02 Å². The van der Waals surface area contributed by atoms with Gasteiger partial charge in [-0.25, -0.2) is 31.6 Å². The molecule has 2 N–H and O–H groups in total. The third-order valence-corrected chi connectivity index (χ3v) is 5.67. The van der Waals surface area contributed by atoms with E-state index >= 15 is 0 Å². The molecule has 0 fully saturated rings. The molecule has 0 aliphatic carbocycles. The highest BCUT2D eigenvalue weighted by Gasteiger charge is 2.35.